The van der Waals surface area contributed by atoms with Crippen molar-refractivity contribution in [3.8, 4) is 5.75 Å². The van der Waals surface area contributed by atoms with Gasteiger partial charge in [-0.15, -0.1) is 0 Å². The summed E-state index contributed by atoms with van der Waals surface area (Å²) in [5.74, 6) is 3.83. The van der Waals surface area contributed by atoms with Gasteiger partial charge in [-0.2, -0.15) is 0 Å². The molecule has 0 radical (unpaired) electrons. The lowest BCUT2D eigenvalue weighted by Gasteiger charge is -2.10. The SMILES string of the molecule is NNc1nc(NCCOc2ccccc2)c(F)cc1F. The van der Waals surface area contributed by atoms with E-state index in [1.165, 1.54) is 0 Å². The zero-order valence-corrected chi connectivity index (χ0v) is 10.6. The van der Waals surface area contributed by atoms with Crippen molar-refractivity contribution >= 4 is 11.6 Å². The van der Waals surface area contributed by atoms with Crippen molar-refractivity contribution in [2.45, 2.75) is 0 Å². The van der Waals surface area contributed by atoms with Crippen LogP contribution in [0.15, 0.2) is 36.4 Å². The number of nitrogens with one attached hydrogen (secondary N) is 2. The second-order valence-electron chi connectivity index (χ2n) is 3.88. The zero-order valence-electron chi connectivity index (χ0n) is 10.6. The van der Waals surface area contributed by atoms with Crippen LogP contribution in [0.25, 0.3) is 0 Å². The predicted molar refractivity (Wildman–Crippen MR) is 72.4 cm³/mol. The molecule has 0 aliphatic rings. The number of ether oxygens (including phenoxy) is 1. The molecule has 20 heavy (non-hydrogen) atoms. The molecule has 0 unspecified atom stereocenters. The molecule has 0 spiro atoms. The first-order chi connectivity index (χ1) is 9.70. The Kier molecular flexibility index (Phi) is 4.67. The number of halogens is 2. The van der Waals surface area contributed by atoms with E-state index in [0.29, 0.717) is 25.0 Å². The number of hydrogen-bond acceptors (Lipinski definition) is 5. The minimum absolute atomic E-state index is 0.0870. The zero-order chi connectivity index (χ0) is 14.4. The minimum Gasteiger partial charge on any atom is -0.492 e. The summed E-state index contributed by atoms with van der Waals surface area (Å²) in [4.78, 5) is 3.68. The van der Waals surface area contributed by atoms with E-state index in [1.54, 1.807) is 0 Å². The smallest absolute Gasteiger partial charge is 0.178 e. The van der Waals surface area contributed by atoms with Gasteiger partial charge in [0.25, 0.3) is 0 Å². The Hall–Kier alpha value is -2.41. The molecule has 0 saturated carbocycles. The van der Waals surface area contributed by atoms with E-state index in [1.807, 2.05) is 30.3 Å². The van der Waals surface area contributed by atoms with Crippen LogP contribution in [0.5, 0.6) is 5.75 Å². The summed E-state index contributed by atoms with van der Waals surface area (Å²) in [5.41, 5.74) is 2.06. The van der Waals surface area contributed by atoms with Gasteiger partial charge in [0.2, 0.25) is 0 Å². The maximum atomic E-state index is 13.4. The van der Waals surface area contributed by atoms with Crippen molar-refractivity contribution in [2.24, 2.45) is 5.84 Å². The van der Waals surface area contributed by atoms with Crippen LogP contribution in [0.2, 0.25) is 0 Å². The van der Waals surface area contributed by atoms with E-state index in [2.05, 4.69) is 15.7 Å². The first-order valence-electron chi connectivity index (χ1n) is 5.95. The lowest BCUT2D eigenvalue weighted by molar-refractivity contribution is 0.332. The molecule has 106 valence electrons. The molecule has 1 heterocycles. The molecular weight excluding hydrogens is 266 g/mol. The number of benzene rings is 1. The highest BCUT2D eigenvalue weighted by Crippen LogP contribution is 2.18. The first kappa shape index (κ1) is 14.0. The van der Waals surface area contributed by atoms with E-state index in [9.17, 15) is 8.78 Å². The number of hydrogen-bond donors (Lipinski definition) is 3. The molecular formula is C13H14F2N4O. The lowest BCUT2D eigenvalue weighted by atomic mass is 10.3. The largest absolute Gasteiger partial charge is 0.492 e. The summed E-state index contributed by atoms with van der Waals surface area (Å²) in [6.07, 6.45) is 0. The molecule has 1 aromatic carbocycles. The molecule has 1 aromatic heterocycles. The number of pyridine rings is 1. The van der Waals surface area contributed by atoms with Crippen LogP contribution in [0, 0.1) is 11.6 Å². The maximum Gasteiger partial charge on any atom is 0.178 e. The van der Waals surface area contributed by atoms with E-state index >= 15 is 0 Å². The van der Waals surface area contributed by atoms with Gasteiger partial charge in [0.1, 0.15) is 12.4 Å². The summed E-state index contributed by atoms with van der Waals surface area (Å²) >= 11 is 0. The third-order valence-electron chi connectivity index (χ3n) is 2.47. The van der Waals surface area contributed by atoms with E-state index in [-0.39, 0.29) is 11.6 Å². The third-order valence-corrected chi connectivity index (χ3v) is 2.47. The highest BCUT2D eigenvalue weighted by atomic mass is 19.1. The molecule has 5 nitrogen and oxygen atoms in total. The van der Waals surface area contributed by atoms with Gasteiger partial charge in [-0.3, -0.25) is 0 Å². The van der Waals surface area contributed by atoms with Gasteiger partial charge >= 0.3 is 0 Å². The molecule has 2 aromatic rings. The van der Waals surface area contributed by atoms with E-state index in [0.717, 1.165) is 0 Å². The fourth-order valence-corrected chi connectivity index (χ4v) is 1.55. The Labute approximate surface area is 114 Å². The number of anilines is 2. The fourth-order valence-electron chi connectivity index (χ4n) is 1.55. The van der Waals surface area contributed by atoms with E-state index < -0.39 is 11.6 Å². The van der Waals surface area contributed by atoms with Crippen molar-refractivity contribution in [3.05, 3.63) is 48.0 Å². The van der Waals surface area contributed by atoms with Gasteiger partial charge in [-0.05, 0) is 12.1 Å². The Morgan fingerprint density at radius 1 is 1.10 bits per heavy atom. The summed E-state index contributed by atoms with van der Waals surface area (Å²) in [6.45, 7) is 0.627. The van der Waals surface area contributed by atoms with Crippen molar-refractivity contribution < 1.29 is 13.5 Å². The summed E-state index contributed by atoms with van der Waals surface area (Å²) in [6, 6.07) is 9.92. The minimum atomic E-state index is -0.851. The topological polar surface area (TPSA) is 72.2 Å². The fraction of sp³-hybridized carbons (Fsp3) is 0.154. The molecule has 0 aliphatic heterocycles. The van der Waals surface area contributed by atoms with Crippen LogP contribution in [0.1, 0.15) is 0 Å². The Morgan fingerprint density at radius 3 is 2.50 bits per heavy atom. The number of hydrazine groups is 1. The lowest BCUT2D eigenvalue weighted by Crippen LogP contribution is -2.16. The van der Waals surface area contributed by atoms with Gasteiger partial charge < -0.3 is 15.5 Å². The Balaban J connectivity index is 1.88. The molecule has 0 amide bonds. The Bertz CT molecular complexity index is 566. The van der Waals surface area contributed by atoms with Crippen LogP contribution in [-0.2, 0) is 0 Å². The van der Waals surface area contributed by atoms with Crippen LogP contribution in [-0.4, -0.2) is 18.1 Å². The standard InChI is InChI=1S/C13H14F2N4O/c14-10-8-11(15)13(19-16)18-12(10)17-6-7-20-9-4-2-1-3-5-9/h1-5,8H,6-7,16H2,(H2,17,18,19). The molecule has 2 rings (SSSR count). The number of rotatable bonds is 6. The van der Waals surface area contributed by atoms with Crippen LogP contribution in [0.4, 0.5) is 20.4 Å². The second kappa shape index (κ2) is 6.67. The quantitative estimate of drug-likeness (QED) is 0.429. The number of aromatic nitrogens is 1. The highest BCUT2D eigenvalue weighted by molar-refractivity contribution is 5.46. The molecule has 0 fully saturated rings. The molecule has 0 saturated heterocycles. The van der Waals surface area contributed by atoms with Crippen LogP contribution in [0.3, 0.4) is 0 Å². The molecule has 0 bridgehead atoms. The first-order valence-corrected chi connectivity index (χ1v) is 5.95. The number of nitrogen functional groups attached to an aromatic ring is 1. The number of para-hydroxylation sites is 1. The van der Waals surface area contributed by atoms with Crippen molar-refractivity contribution in [3.63, 3.8) is 0 Å². The van der Waals surface area contributed by atoms with Gasteiger partial charge in [-0.25, -0.2) is 19.6 Å². The predicted octanol–water partition coefficient (Wildman–Crippen LogP) is 2.14. The highest BCUT2D eigenvalue weighted by Gasteiger charge is 2.10. The normalized spacial score (nSPS) is 10.2. The number of nitrogens with zero attached hydrogens (tertiary/aromatic N) is 1. The number of nitrogens with two attached hydrogens (primary N) is 1. The summed E-state index contributed by atoms with van der Waals surface area (Å²) in [5, 5.41) is 2.71. The van der Waals surface area contributed by atoms with Gasteiger partial charge in [0, 0.05) is 6.07 Å². The molecule has 7 heteroatoms. The van der Waals surface area contributed by atoms with Crippen molar-refractivity contribution in [2.75, 3.05) is 23.9 Å². The summed E-state index contributed by atoms with van der Waals surface area (Å²) in [7, 11) is 0. The third kappa shape index (κ3) is 3.55. The average Bonchev–Trinajstić information content (AvgIpc) is 2.46. The Morgan fingerprint density at radius 2 is 1.80 bits per heavy atom. The monoisotopic (exact) mass is 280 g/mol. The maximum absolute atomic E-state index is 13.4. The molecule has 0 atom stereocenters. The second-order valence-corrected chi connectivity index (χ2v) is 3.88. The molecule has 4 N–H and O–H groups in total. The van der Waals surface area contributed by atoms with E-state index in [4.69, 9.17) is 10.6 Å². The van der Waals surface area contributed by atoms with Gasteiger partial charge in [0.05, 0.1) is 6.54 Å². The van der Waals surface area contributed by atoms with Gasteiger partial charge in [0.15, 0.2) is 23.3 Å². The van der Waals surface area contributed by atoms with Crippen molar-refractivity contribution in [1.82, 2.24) is 4.98 Å². The summed E-state index contributed by atoms with van der Waals surface area (Å²) < 4.78 is 32.0. The van der Waals surface area contributed by atoms with Crippen LogP contribution < -0.4 is 21.3 Å². The van der Waals surface area contributed by atoms with Crippen molar-refractivity contribution in [1.29, 1.82) is 0 Å². The van der Waals surface area contributed by atoms with Crippen LogP contribution >= 0.6 is 0 Å². The average molecular weight is 280 g/mol. The van der Waals surface area contributed by atoms with Gasteiger partial charge in [-0.1, -0.05) is 18.2 Å². The molecule has 0 aliphatic carbocycles.